The van der Waals surface area contributed by atoms with Gasteiger partial charge in [0.2, 0.25) is 0 Å². The van der Waals surface area contributed by atoms with Crippen molar-refractivity contribution < 1.29 is 0 Å². The zero-order valence-electron chi connectivity index (χ0n) is 14.8. The summed E-state index contributed by atoms with van der Waals surface area (Å²) in [4.78, 5) is 12.9. The van der Waals surface area contributed by atoms with E-state index >= 15 is 0 Å². The van der Waals surface area contributed by atoms with Gasteiger partial charge in [-0.15, -0.1) is 11.3 Å². The van der Waals surface area contributed by atoms with Crippen LogP contribution >= 0.6 is 11.3 Å². The number of aromatic nitrogens is 1. The molecule has 2 rings (SSSR count). The largest absolute Gasteiger partial charge is 0.357 e. The summed E-state index contributed by atoms with van der Waals surface area (Å²) in [6.45, 7) is 12.7. The number of aryl methyl sites for hydroxylation is 1. The first-order chi connectivity index (χ1) is 11.2. The van der Waals surface area contributed by atoms with Crippen LogP contribution in [-0.2, 0) is 6.54 Å². The quantitative estimate of drug-likeness (QED) is 0.593. The Morgan fingerprint density at radius 1 is 1.35 bits per heavy atom. The molecule has 6 heteroatoms. The van der Waals surface area contributed by atoms with Gasteiger partial charge in [-0.2, -0.15) is 0 Å². The van der Waals surface area contributed by atoms with Crippen LogP contribution in [0.15, 0.2) is 11.2 Å². The van der Waals surface area contributed by atoms with E-state index in [0.717, 1.165) is 30.0 Å². The standard InChI is InChI=1S/C17H31N5S/c1-4-8-22-9-6-15(7-10-22)12-20-17(18-5-2)21-13-16-19-11-14(3)23-16/h11,15H,4-10,12-13H2,1-3H3,(H2,18,20,21). The average Bonchev–Trinajstić information content (AvgIpc) is 2.97. The van der Waals surface area contributed by atoms with Gasteiger partial charge in [0, 0.05) is 24.2 Å². The minimum atomic E-state index is 0.656. The lowest BCUT2D eigenvalue weighted by atomic mass is 9.97. The zero-order valence-corrected chi connectivity index (χ0v) is 15.6. The maximum absolute atomic E-state index is 4.66. The molecule has 0 amide bonds. The lowest BCUT2D eigenvalue weighted by Gasteiger charge is -2.32. The molecule has 1 aliphatic heterocycles. The Balaban J connectivity index is 1.76. The fourth-order valence-corrected chi connectivity index (χ4v) is 3.65. The lowest BCUT2D eigenvalue weighted by Crippen LogP contribution is -2.43. The molecule has 130 valence electrons. The molecule has 1 aliphatic rings. The minimum Gasteiger partial charge on any atom is -0.357 e. The second-order valence-corrected chi connectivity index (χ2v) is 7.55. The molecule has 0 spiro atoms. The molecule has 2 heterocycles. The van der Waals surface area contributed by atoms with Crippen molar-refractivity contribution in [2.45, 2.75) is 46.6 Å². The minimum absolute atomic E-state index is 0.656. The van der Waals surface area contributed by atoms with Crippen molar-refractivity contribution in [1.29, 1.82) is 0 Å². The van der Waals surface area contributed by atoms with Gasteiger partial charge in [-0.05, 0) is 58.7 Å². The van der Waals surface area contributed by atoms with Gasteiger partial charge in [-0.25, -0.2) is 9.98 Å². The second-order valence-electron chi connectivity index (χ2n) is 6.23. The van der Waals surface area contributed by atoms with Crippen molar-refractivity contribution >= 4 is 17.3 Å². The first kappa shape index (κ1) is 18.2. The Labute approximate surface area is 144 Å². The van der Waals surface area contributed by atoms with E-state index in [-0.39, 0.29) is 0 Å². The van der Waals surface area contributed by atoms with E-state index in [1.165, 1.54) is 43.8 Å². The summed E-state index contributed by atoms with van der Waals surface area (Å²) in [5.41, 5.74) is 0. The van der Waals surface area contributed by atoms with E-state index in [1.807, 2.05) is 6.20 Å². The Bertz CT molecular complexity index is 477. The van der Waals surface area contributed by atoms with Crippen molar-refractivity contribution in [1.82, 2.24) is 20.5 Å². The molecule has 0 aromatic carbocycles. The third kappa shape index (κ3) is 6.47. The number of piperidine rings is 1. The molecule has 0 radical (unpaired) electrons. The number of thiazole rings is 1. The molecule has 23 heavy (non-hydrogen) atoms. The topological polar surface area (TPSA) is 52.5 Å². The predicted octanol–water partition coefficient (Wildman–Crippen LogP) is 2.63. The summed E-state index contributed by atoms with van der Waals surface area (Å²) >= 11 is 1.72. The lowest BCUT2D eigenvalue weighted by molar-refractivity contribution is 0.185. The number of guanidine groups is 1. The third-order valence-electron chi connectivity index (χ3n) is 4.19. The van der Waals surface area contributed by atoms with Crippen LogP contribution < -0.4 is 10.6 Å². The molecular formula is C17H31N5S. The highest BCUT2D eigenvalue weighted by Gasteiger charge is 2.18. The molecule has 2 N–H and O–H groups in total. The zero-order chi connectivity index (χ0) is 16.5. The first-order valence-electron chi connectivity index (χ1n) is 8.87. The van der Waals surface area contributed by atoms with Crippen molar-refractivity contribution in [3.05, 3.63) is 16.1 Å². The normalized spacial score (nSPS) is 17.4. The summed E-state index contributed by atoms with van der Waals surface area (Å²) in [5, 5.41) is 7.92. The molecule has 1 aromatic rings. The fraction of sp³-hybridized carbons (Fsp3) is 0.765. The number of nitrogens with one attached hydrogen (secondary N) is 2. The molecule has 5 nitrogen and oxygen atoms in total. The third-order valence-corrected chi connectivity index (χ3v) is 5.09. The van der Waals surface area contributed by atoms with E-state index in [1.54, 1.807) is 11.3 Å². The maximum Gasteiger partial charge on any atom is 0.191 e. The number of aliphatic imine (C=N–C) groups is 1. The molecule has 0 saturated carbocycles. The molecule has 1 saturated heterocycles. The van der Waals surface area contributed by atoms with Gasteiger partial charge in [0.05, 0.1) is 6.54 Å². The van der Waals surface area contributed by atoms with Crippen LogP contribution in [-0.4, -0.2) is 48.6 Å². The highest BCUT2D eigenvalue weighted by Crippen LogP contribution is 2.16. The van der Waals surface area contributed by atoms with Crippen LogP contribution in [0, 0.1) is 12.8 Å². The molecular weight excluding hydrogens is 306 g/mol. The molecule has 0 atom stereocenters. The van der Waals surface area contributed by atoms with E-state index in [4.69, 9.17) is 0 Å². The summed E-state index contributed by atoms with van der Waals surface area (Å²) in [5.74, 6) is 1.67. The van der Waals surface area contributed by atoms with Crippen LogP contribution in [0.2, 0.25) is 0 Å². The van der Waals surface area contributed by atoms with Crippen LogP contribution in [0.1, 0.15) is 43.0 Å². The molecule has 0 unspecified atom stereocenters. The van der Waals surface area contributed by atoms with E-state index in [9.17, 15) is 0 Å². The summed E-state index contributed by atoms with van der Waals surface area (Å²) in [6.07, 6.45) is 5.76. The van der Waals surface area contributed by atoms with Gasteiger partial charge in [0.1, 0.15) is 5.01 Å². The van der Waals surface area contributed by atoms with Crippen LogP contribution in [0.25, 0.3) is 0 Å². The van der Waals surface area contributed by atoms with Gasteiger partial charge in [-0.3, -0.25) is 0 Å². The van der Waals surface area contributed by atoms with Crippen LogP contribution in [0.5, 0.6) is 0 Å². The monoisotopic (exact) mass is 337 g/mol. The molecule has 1 aromatic heterocycles. The number of likely N-dealkylation sites (tertiary alicyclic amines) is 1. The summed E-state index contributed by atoms with van der Waals surface area (Å²) < 4.78 is 0. The summed E-state index contributed by atoms with van der Waals surface area (Å²) in [7, 11) is 0. The summed E-state index contributed by atoms with van der Waals surface area (Å²) in [6, 6.07) is 0. The van der Waals surface area contributed by atoms with Crippen molar-refractivity contribution in [3.63, 3.8) is 0 Å². The number of rotatable bonds is 7. The molecule has 1 fully saturated rings. The Morgan fingerprint density at radius 3 is 2.74 bits per heavy atom. The Morgan fingerprint density at radius 2 is 2.13 bits per heavy atom. The number of nitrogens with zero attached hydrogens (tertiary/aromatic N) is 3. The van der Waals surface area contributed by atoms with Gasteiger partial charge in [0.25, 0.3) is 0 Å². The van der Waals surface area contributed by atoms with Crippen LogP contribution in [0.4, 0.5) is 0 Å². The Kier molecular flexibility index (Phi) is 7.82. The van der Waals surface area contributed by atoms with Crippen molar-refractivity contribution in [2.24, 2.45) is 10.9 Å². The molecule has 0 aliphatic carbocycles. The molecule has 0 bridgehead atoms. The number of hydrogen-bond donors (Lipinski definition) is 2. The highest BCUT2D eigenvalue weighted by atomic mass is 32.1. The SMILES string of the molecule is CCCN1CCC(CNC(=NCc2ncc(C)s2)NCC)CC1. The van der Waals surface area contributed by atoms with Crippen LogP contribution in [0.3, 0.4) is 0 Å². The predicted molar refractivity (Wildman–Crippen MR) is 99.1 cm³/mol. The average molecular weight is 338 g/mol. The van der Waals surface area contributed by atoms with E-state index in [2.05, 4.69) is 46.3 Å². The fourth-order valence-electron chi connectivity index (χ4n) is 2.93. The Hall–Kier alpha value is -1.14. The van der Waals surface area contributed by atoms with Gasteiger partial charge in [0.15, 0.2) is 5.96 Å². The second kappa shape index (κ2) is 9.88. The van der Waals surface area contributed by atoms with Crippen molar-refractivity contribution in [3.8, 4) is 0 Å². The van der Waals surface area contributed by atoms with Gasteiger partial charge >= 0.3 is 0 Å². The van der Waals surface area contributed by atoms with Crippen molar-refractivity contribution in [2.75, 3.05) is 32.7 Å². The first-order valence-corrected chi connectivity index (χ1v) is 9.68. The number of hydrogen-bond acceptors (Lipinski definition) is 4. The highest BCUT2D eigenvalue weighted by molar-refractivity contribution is 7.11. The maximum atomic E-state index is 4.66. The smallest absolute Gasteiger partial charge is 0.191 e. The van der Waals surface area contributed by atoms with E-state index < -0.39 is 0 Å². The van der Waals surface area contributed by atoms with Gasteiger partial charge < -0.3 is 15.5 Å². The van der Waals surface area contributed by atoms with E-state index in [0.29, 0.717) is 6.54 Å². The van der Waals surface area contributed by atoms with Gasteiger partial charge in [-0.1, -0.05) is 6.92 Å².